The molecule has 0 aliphatic rings. The molecule has 8 heteroatoms. The molecule has 2 aromatic carbocycles. The number of methoxy groups -OCH3 is 1. The van der Waals surface area contributed by atoms with Gasteiger partial charge in [0.1, 0.15) is 17.6 Å². The fraction of sp³-hybridized carbons (Fsp3) is 0.292. The van der Waals surface area contributed by atoms with Gasteiger partial charge in [-0.2, -0.15) is 0 Å². The fourth-order valence-electron chi connectivity index (χ4n) is 2.83. The second-order valence-corrected chi connectivity index (χ2v) is 7.24. The maximum Gasteiger partial charge on any atom is 0.329 e. The van der Waals surface area contributed by atoms with E-state index < -0.39 is 35.7 Å². The van der Waals surface area contributed by atoms with Crippen LogP contribution >= 0.6 is 0 Å². The van der Waals surface area contributed by atoms with Gasteiger partial charge in [0.25, 0.3) is 5.91 Å². The van der Waals surface area contributed by atoms with Crippen LogP contribution in [0.3, 0.4) is 0 Å². The molecule has 0 radical (unpaired) electrons. The van der Waals surface area contributed by atoms with Crippen LogP contribution in [0.25, 0.3) is 6.08 Å². The molecule has 2 amide bonds. The van der Waals surface area contributed by atoms with Crippen LogP contribution in [-0.2, 0) is 25.7 Å². The Morgan fingerprint density at radius 3 is 2.44 bits per heavy atom. The van der Waals surface area contributed by atoms with Gasteiger partial charge in [0.05, 0.1) is 7.11 Å². The summed E-state index contributed by atoms with van der Waals surface area (Å²) < 4.78 is 23.6. The van der Waals surface area contributed by atoms with Gasteiger partial charge >= 0.3 is 5.97 Å². The first kappa shape index (κ1) is 24.6. The van der Waals surface area contributed by atoms with Gasteiger partial charge in [-0.05, 0) is 55.3 Å². The predicted molar refractivity (Wildman–Crippen MR) is 118 cm³/mol. The summed E-state index contributed by atoms with van der Waals surface area (Å²) in [5.74, 6) is -1.36. The number of likely N-dealkylation sites (N-methyl/N-ethyl adjacent to an activating group) is 1. The van der Waals surface area contributed by atoms with Gasteiger partial charge in [-0.1, -0.05) is 24.3 Å². The van der Waals surface area contributed by atoms with Gasteiger partial charge in [-0.3, -0.25) is 9.59 Å². The van der Waals surface area contributed by atoms with Crippen molar-refractivity contribution in [1.29, 1.82) is 0 Å². The number of amides is 2. The summed E-state index contributed by atoms with van der Waals surface area (Å²) in [6, 6.07) is 12.0. The maximum atomic E-state index is 13.3. The summed E-state index contributed by atoms with van der Waals surface area (Å²) in [6.45, 7) is 3.08. The molecule has 7 nitrogen and oxygen atoms in total. The number of rotatable bonds is 9. The number of carbonyl (C=O) groups excluding carboxylic acids is 3. The van der Waals surface area contributed by atoms with Crippen LogP contribution < -0.4 is 10.1 Å². The van der Waals surface area contributed by atoms with Crippen molar-refractivity contribution in [3.05, 3.63) is 71.6 Å². The Hall–Kier alpha value is -3.68. The molecule has 0 heterocycles. The molecule has 2 unspecified atom stereocenters. The zero-order valence-corrected chi connectivity index (χ0v) is 18.5. The Balaban J connectivity index is 1.83. The number of benzene rings is 2. The second-order valence-electron chi connectivity index (χ2n) is 7.24. The molecule has 0 fully saturated rings. The van der Waals surface area contributed by atoms with E-state index in [1.54, 1.807) is 49.6 Å². The van der Waals surface area contributed by atoms with Crippen molar-refractivity contribution in [1.82, 2.24) is 10.2 Å². The minimum absolute atomic E-state index is 0.168. The highest BCUT2D eigenvalue weighted by Gasteiger charge is 2.25. The topological polar surface area (TPSA) is 84.9 Å². The molecule has 170 valence electrons. The summed E-state index contributed by atoms with van der Waals surface area (Å²) in [5.41, 5.74) is 1.40. The molecule has 2 atom stereocenters. The van der Waals surface area contributed by atoms with Crippen LogP contribution in [0, 0.1) is 5.82 Å². The molecule has 2 rings (SSSR count). The first-order valence-electron chi connectivity index (χ1n) is 10.0. The molecule has 0 aliphatic heterocycles. The molecule has 2 aromatic rings. The third-order valence-electron chi connectivity index (χ3n) is 4.58. The maximum absolute atomic E-state index is 13.3. The quantitative estimate of drug-likeness (QED) is 0.477. The van der Waals surface area contributed by atoms with E-state index in [1.807, 2.05) is 0 Å². The third kappa shape index (κ3) is 7.54. The lowest BCUT2D eigenvalue weighted by Crippen LogP contribution is -2.43. The SMILES string of the molecule is COc1ccc(/C=C/C(=O)NC(C)C(=O)OC(C)C(=O)N(C)Cc2cccc(F)c2)cc1. The van der Waals surface area contributed by atoms with Crippen molar-refractivity contribution < 1.29 is 28.2 Å². The smallest absolute Gasteiger partial charge is 0.329 e. The van der Waals surface area contributed by atoms with E-state index in [2.05, 4.69) is 5.32 Å². The highest BCUT2D eigenvalue weighted by atomic mass is 19.1. The Kier molecular flexibility index (Phi) is 8.95. The minimum Gasteiger partial charge on any atom is -0.497 e. The van der Waals surface area contributed by atoms with Crippen molar-refractivity contribution in [2.45, 2.75) is 32.5 Å². The average Bonchev–Trinajstić information content (AvgIpc) is 2.77. The van der Waals surface area contributed by atoms with Crippen LogP contribution in [0.5, 0.6) is 5.75 Å². The van der Waals surface area contributed by atoms with E-state index in [0.717, 1.165) is 5.56 Å². The van der Waals surface area contributed by atoms with E-state index in [-0.39, 0.29) is 6.54 Å². The summed E-state index contributed by atoms with van der Waals surface area (Å²) in [6.07, 6.45) is 1.84. The van der Waals surface area contributed by atoms with Crippen molar-refractivity contribution in [2.75, 3.05) is 14.2 Å². The lowest BCUT2D eigenvalue weighted by Gasteiger charge is -2.22. The summed E-state index contributed by atoms with van der Waals surface area (Å²) in [5, 5.41) is 2.50. The number of carbonyl (C=O) groups is 3. The molecule has 0 aromatic heterocycles. The molecule has 0 bridgehead atoms. The predicted octanol–water partition coefficient (Wildman–Crippen LogP) is 2.94. The largest absolute Gasteiger partial charge is 0.497 e. The summed E-state index contributed by atoms with van der Waals surface area (Å²) >= 11 is 0. The molecule has 0 aliphatic carbocycles. The van der Waals surface area contributed by atoms with Crippen molar-refractivity contribution in [3.8, 4) is 5.75 Å². The van der Waals surface area contributed by atoms with E-state index in [1.165, 1.54) is 44.0 Å². The molecule has 0 spiro atoms. The second kappa shape index (κ2) is 11.6. The van der Waals surface area contributed by atoms with Crippen molar-refractivity contribution in [3.63, 3.8) is 0 Å². The normalized spacial score (nSPS) is 12.7. The number of halogens is 1. The molecular formula is C24H27FN2O5. The number of hydrogen-bond donors (Lipinski definition) is 1. The Morgan fingerprint density at radius 2 is 1.81 bits per heavy atom. The molecule has 32 heavy (non-hydrogen) atoms. The van der Waals surface area contributed by atoms with Gasteiger partial charge < -0.3 is 19.7 Å². The molecular weight excluding hydrogens is 415 g/mol. The summed E-state index contributed by atoms with van der Waals surface area (Å²) in [7, 11) is 3.10. The number of nitrogens with zero attached hydrogens (tertiary/aromatic N) is 1. The van der Waals surface area contributed by atoms with Crippen LogP contribution in [0.2, 0.25) is 0 Å². The zero-order valence-electron chi connectivity index (χ0n) is 18.5. The molecule has 1 N–H and O–H groups in total. The van der Waals surface area contributed by atoms with Crippen LogP contribution in [0.1, 0.15) is 25.0 Å². The monoisotopic (exact) mass is 442 g/mol. The van der Waals surface area contributed by atoms with Gasteiger partial charge in [0.15, 0.2) is 6.10 Å². The standard InChI is InChI=1S/C24H27FN2O5/c1-16(26-22(28)13-10-18-8-11-21(31-4)12-9-18)24(30)32-17(2)23(29)27(3)15-19-6-5-7-20(25)14-19/h5-14,16-17H,15H2,1-4H3,(H,26,28)/b13-10+. The lowest BCUT2D eigenvalue weighted by atomic mass is 10.2. The van der Waals surface area contributed by atoms with Gasteiger partial charge in [-0.15, -0.1) is 0 Å². The highest BCUT2D eigenvalue weighted by Crippen LogP contribution is 2.12. The van der Waals surface area contributed by atoms with Gasteiger partial charge in [0.2, 0.25) is 5.91 Å². The Morgan fingerprint density at radius 1 is 1.12 bits per heavy atom. The highest BCUT2D eigenvalue weighted by molar-refractivity contribution is 5.95. The molecule has 0 saturated carbocycles. The lowest BCUT2D eigenvalue weighted by molar-refractivity contribution is -0.160. The van der Waals surface area contributed by atoms with Crippen molar-refractivity contribution in [2.24, 2.45) is 0 Å². The summed E-state index contributed by atoms with van der Waals surface area (Å²) in [4.78, 5) is 38.2. The zero-order chi connectivity index (χ0) is 23.7. The van der Waals surface area contributed by atoms with Gasteiger partial charge in [-0.25, -0.2) is 9.18 Å². The number of hydrogen-bond acceptors (Lipinski definition) is 5. The number of esters is 1. The first-order valence-corrected chi connectivity index (χ1v) is 10.0. The van der Waals surface area contributed by atoms with Crippen LogP contribution in [-0.4, -0.2) is 49.0 Å². The minimum atomic E-state index is -1.06. The number of nitrogens with one attached hydrogen (secondary N) is 1. The fourth-order valence-corrected chi connectivity index (χ4v) is 2.83. The van der Waals surface area contributed by atoms with Crippen LogP contribution in [0.15, 0.2) is 54.6 Å². The van der Waals surface area contributed by atoms with E-state index in [9.17, 15) is 18.8 Å². The van der Waals surface area contributed by atoms with E-state index >= 15 is 0 Å². The van der Waals surface area contributed by atoms with Crippen LogP contribution in [0.4, 0.5) is 4.39 Å². The third-order valence-corrected chi connectivity index (χ3v) is 4.58. The van der Waals surface area contributed by atoms with E-state index in [4.69, 9.17) is 9.47 Å². The average molecular weight is 442 g/mol. The first-order chi connectivity index (χ1) is 15.2. The Bertz CT molecular complexity index is 975. The van der Waals surface area contributed by atoms with E-state index in [0.29, 0.717) is 11.3 Å². The molecule has 0 saturated heterocycles. The number of ether oxygens (including phenoxy) is 2. The van der Waals surface area contributed by atoms with Crippen molar-refractivity contribution >= 4 is 23.9 Å². The van der Waals surface area contributed by atoms with Gasteiger partial charge in [0, 0.05) is 19.7 Å². The Labute approximate surface area is 186 Å².